The van der Waals surface area contributed by atoms with Gasteiger partial charge in [-0.2, -0.15) is 0 Å². The van der Waals surface area contributed by atoms with E-state index in [9.17, 15) is 18.8 Å². The molecule has 0 bridgehead atoms. The summed E-state index contributed by atoms with van der Waals surface area (Å²) >= 11 is 0. The first kappa shape index (κ1) is 25.1. The van der Waals surface area contributed by atoms with Crippen LogP contribution in [-0.4, -0.2) is 53.2 Å². The fourth-order valence-electron chi connectivity index (χ4n) is 3.46. The van der Waals surface area contributed by atoms with Crippen LogP contribution in [0.4, 0.5) is 10.1 Å². The summed E-state index contributed by atoms with van der Waals surface area (Å²) in [4.78, 5) is 45.1. The van der Waals surface area contributed by atoms with Crippen LogP contribution in [0.15, 0.2) is 54.9 Å². The fourth-order valence-corrected chi connectivity index (χ4v) is 3.46. The largest absolute Gasteiger partial charge is 0.497 e. The molecule has 1 N–H and O–H groups in total. The minimum atomic E-state index is -0.831. The molecule has 0 unspecified atom stereocenters. The van der Waals surface area contributed by atoms with Crippen molar-refractivity contribution in [3.8, 4) is 17.5 Å². The SMILES string of the molecule is COC(=O)c1c(OC(=O)COc2ncc(C(=O)Nc3ccc(F)cc3)cn2)c2cc(OC)ccc2n1C. The van der Waals surface area contributed by atoms with Gasteiger partial charge in [0.2, 0.25) is 0 Å². The number of carbonyl (C=O) groups excluding carboxylic acids is 3. The summed E-state index contributed by atoms with van der Waals surface area (Å²) in [5.74, 6) is -1.98. The number of aromatic nitrogens is 3. The molecule has 0 aliphatic carbocycles. The highest BCUT2D eigenvalue weighted by molar-refractivity contribution is 6.04. The zero-order valence-electron chi connectivity index (χ0n) is 20.0. The molecule has 0 fully saturated rings. The van der Waals surface area contributed by atoms with Crippen LogP contribution in [0, 0.1) is 5.82 Å². The van der Waals surface area contributed by atoms with Gasteiger partial charge in [-0.25, -0.2) is 23.9 Å². The summed E-state index contributed by atoms with van der Waals surface area (Å²) in [5, 5.41) is 3.04. The van der Waals surface area contributed by atoms with Gasteiger partial charge >= 0.3 is 17.9 Å². The van der Waals surface area contributed by atoms with Crippen molar-refractivity contribution in [1.29, 1.82) is 0 Å². The lowest BCUT2D eigenvalue weighted by atomic mass is 10.2. The minimum absolute atomic E-state index is 0.00872. The van der Waals surface area contributed by atoms with E-state index in [0.717, 1.165) is 0 Å². The molecule has 37 heavy (non-hydrogen) atoms. The van der Waals surface area contributed by atoms with E-state index in [1.54, 1.807) is 29.8 Å². The molecule has 0 saturated carbocycles. The predicted molar refractivity (Wildman–Crippen MR) is 128 cm³/mol. The second kappa shape index (κ2) is 10.7. The summed E-state index contributed by atoms with van der Waals surface area (Å²) in [6.45, 7) is -0.581. The lowest BCUT2D eigenvalue weighted by Crippen LogP contribution is -2.20. The summed E-state index contributed by atoms with van der Waals surface area (Å²) in [6.07, 6.45) is 2.41. The molecular formula is C25H21FN4O7. The van der Waals surface area contributed by atoms with Gasteiger partial charge in [-0.15, -0.1) is 0 Å². The normalized spacial score (nSPS) is 10.6. The van der Waals surface area contributed by atoms with Crippen molar-refractivity contribution < 1.29 is 37.7 Å². The third-order valence-electron chi connectivity index (χ3n) is 5.27. The first-order valence-corrected chi connectivity index (χ1v) is 10.8. The van der Waals surface area contributed by atoms with E-state index in [4.69, 9.17) is 18.9 Å². The molecule has 0 radical (unpaired) electrons. The third-order valence-corrected chi connectivity index (χ3v) is 5.27. The highest BCUT2D eigenvalue weighted by Crippen LogP contribution is 2.35. The molecule has 2 aromatic heterocycles. The Kier molecular flexibility index (Phi) is 7.28. The van der Waals surface area contributed by atoms with Crippen molar-refractivity contribution in [2.45, 2.75) is 0 Å². The zero-order chi connectivity index (χ0) is 26.5. The number of hydrogen-bond donors (Lipinski definition) is 1. The Morgan fingerprint density at radius 3 is 2.38 bits per heavy atom. The number of anilines is 1. The predicted octanol–water partition coefficient (Wildman–Crippen LogP) is 3.14. The van der Waals surface area contributed by atoms with E-state index in [2.05, 4.69) is 15.3 Å². The van der Waals surface area contributed by atoms with Crippen molar-refractivity contribution in [2.75, 3.05) is 26.1 Å². The molecule has 0 aliphatic heterocycles. The van der Waals surface area contributed by atoms with E-state index >= 15 is 0 Å². The molecule has 0 aliphatic rings. The van der Waals surface area contributed by atoms with Crippen molar-refractivity contribution in [1.82, 2.24) is 14.5 Å². The van der Waals surface area contributed by atoms with Gasteiger partial charge in [-0.3, -0.25) is 4.79 Å². The second-order valence-electron chi connectivity index (χ2n) is 7.59. The summed E-state index contributed by atoms with van der Waals surface area (Å²) in [6, 6.07) is 10.1. The Balaban J connectivity index is 1.44. The van der Waals surface area contributed by atoms with E-state index in [1.165, 1.54) is 50.9 Å². The molecule has 0 atom stereocenters. The van der Waals surface area contributed by atoms with Crippen molar-refractivity contribution in [3.05, 3.63) is 71.9 Å². The quantitative estimate of drug-likeness (QED) is 0.357. The molecule has 4 aromatic rings. The molecule has 12 heteroatoms. The van der Waals surface area contributed by atoms with Crippen LogP contribution in [0.2, 0.25) is 0 Å². The Morgan fingerprint density at radius 2 is 1.73 bits per heavy atom. The Bertz CT molecular complexity index is 1470. The number of methoxy groups -OCH3 is 2. The van der Waals surface area contributed by atoms with Crippen molar-refractivity contribution >= 4 is 34.4 Å². The number of rotatable bonds is 8. The summed E-state index contributed by atoms with van der Waals surface area (Å²) in [5.41, 5.74) is 1.16. The second-order valence-corrected chi connectivity index (χ2v) is 7.59. The topological polar surface area (TPSA) is 131 Å². The highest BCUT2D eigenvalue weighted by Gasteiger charge is 2.26. The molecule has 1 amide bonds. The van der Waals surface area contributed by atoms with Crippen LogP contribution in [0.25, 0.3) is 10.9 Å². The Morgan fingerprint density at radius 1 is 1.03 bits per heavy atom. The molecule has 2 heterocycles. The number of esters is 2. The van der Waals surface area contributed by atoms with E-state index < -0.39 is 30.3 Å². The third kappa shape index (κ3) is 5.48. The molecular weight excluding hydrogens is 487 g/mol. The molecule has 4 rings (SSSR count). The number of nitrogens with one attached hydrogen (secondary N) is 1. The first-order valence-electron chi connectivity index (χ1n) is 10.8. The molecule has 0 spiro atoms. The zero-order valence-corrected chi connectivity index (χ0v) is 20.0. The van der Waals surface area contributed by atoms with Gasteiger partial charge in [0.05, 0.1) is 25.3 Å². The smallest absolute Gasteiger partial charge is 0.358 e. The Labute approximate surface area is 209 Å². The number of ether oxygens (including phenoxy) is 4. The summed E-state index contributed by atoms with van der Waals surface area (Å²) < 4.78 is 35.4. The fraction of sp³-hybridized carbons (Fsp3) is 0.160. The van der Waals surface area contributed by atoms with Crippen LogP contribution in [0.5, 0.6) is 17.5 Å². The molecule has 190 valence electrons. The monoisotopic (exact) mass is 508 g/mol. The maximum Gasteiger partial charge on any atom is 0.358 e. The lowest BCUT2D eigenvalue weighted by Gasteiger charge is -2.08. The average molecular weight is 508 g/mol. The number of carbonyl (C=O) groups is 3. The standard InChI is InChI=1S/C25H21FN4O7/c1-30-19-9-8-17(34-2)10-18(19)22(21(30)24(33)35-3)37-20(31)13-36-25-27-11-14(12-28-25)23(32)29-16-6-4-15(26)5-7-16/h4-12H,13H2,1-3H3,(H,29,32). The lowest BCUT2D eigenvalue weighted by molar-refractivity contribution is -0.136. The highest BCUT2D eigenvalue weighted by atomic mass is 19.1. The van der Waals surface area contributed by atoms with Gasteiger partial charge in [0, 0.05) is 30.5 Å². The maximum absolute atomic E-state index is 13.0. The van der Waals surface area contributed by atoms with Crippen LogP contribution in [0.3, 0.4) is 0 Å². The van der Waals surface area contributed by atoms with Gasteiger partial charge in [0.15, 0.2) is 18.1 Å². The molecule has 0 saturated heterocycles. The van der Waals surface area contributed by atoms with Gasteiger partial charge in [-0.1, -0.05) is 0 Å². The van der Waals surface area contributed by atoms with Crippen LogP contribution in [-0.2, 0) is 16.6 Å². The number of halogens is 1. The molecule has 11 nitrogen and oxygen atoms in total. The van der Waals surface area contributed by atoms with Crippen LogP contribution >= 0.6 is 0 Å². The number of hydrogen-bond acceptors (Lipinski definition) is 9. The number of amides is 1. The first-order chi connectivity index (χ1) is 17.8. The van der Waals surface area contributed by atoms with Gasteiger partial charge < -0.3 is 28.8 Å². The van der Waals surface area contributed by atoms with Gasteiger partial charge in [0.25, 0.3) is 5.91 Å². The molecule has 2 aromatic carbocycles. The van der Waals surface area contributed by atoms with Gasteiger partial charge in [0.1, 0.15) is 11.6 Å². The number of fused-ring (bicyclic) bond motifs is 1. The maximum atomic E-state index is 13.0. The average Bonchev–Trinajstić information content (AvgIpc) is 3.18. The number of aryl methyl sites for hydroxylation is 1. The summed E-state index contributed by atoms with van der Waals surface area (Å²) in [7, 11) is 4.34. The van der Waals surface area contributed by atoms with E-state index in [1.807, 2.05) is 0 Å². The van der Waals surface area contributed by atoms with Crippen molar-refractivity contribution in [3.63, 3.8) is 0 Å². The van der Waals surface area contributed by atoms with Gasteiger partial charge in [-0.05, 0) is 42.5 Å². The van der Waals surface area contributed by atoms with Crippen LogP contribution < -0.4 is 19.5 Å². The van der Waals surface area contributed by atoms with E-state index in [-0.39, 0.29) is 23.0 Å². The van der Waals surface area contributed by atoms with Crippen LogP contribution in [0.1, 0.15) is 20.8 Å². The Hall–Kier alpha value is -5.00. The van der Waals surface area contributed by atoms with Crippen molar-refractivity contribution in [2.24, 2.45) is 7.05 Å². The number of benzene rings is 2. The van der Waals surface area contributed by atoms with E-state index in [0.29, 0.717) is 22.3 Å². The minimum Gasteiger partial charge on any atom is -0.497 e. The number of nitrogens with zero attached hydrogens (tertiary/aromatic N) is 3.